The Bertz CT molecular complexity index is 913. The van der Waals surface area contributed by atoms with Crippen molar-refractivity contribution in [3.63, 3.8) is 0 Å². The standard InChI is InChI=1S/C20H18N2O2S/c23-19(8-6-14-5-7-17-15(13-14)10-12-24-17)21-11-9-20-22-16-3-1-2-4-18(16)25-20/h1-8,13H,9-12H2,(H,21,23)/b8-6+. The predicted octanol–water partition coefficient (Wildman–Crippen LogP) is 3.60. The molecule has 2 aromatic carbocycles. The van der Waals surface area contributed by atoms with Crippen LogP contribution in [0, 0.1) is 0 Å². The van der Waals surface area contributed by atoms with Gasteiger partial charge in [-0.05, 0) is 41.5 Å². The highest BCUT2D eigenvalue weighted by Crippen LogP contribution is 2.26. The summed E-state index contributed by atoms with van der Waals surface area (Å²) in [4.78, 5) is 16.5. The second-order valence-electron chi connectivity index (χ2n) is 5.92. The maximum Gasteiger partial charge on any atom is 0.244 e. The van der Waals surface area contributed by atoms with E-state index < -0.39 is 0 Å². The number of carbonyl (C=O) groups is 1. The van der Waals surface area contributed by atoms with Gasteiger partial charge in [0.2, 0.25) is 5.91 Å². The van der Waals surface area contributed by atoms with Crippen LogP contribution < -0.4 is 10.1 Å². The molecule has 1 aliphatic rings. The molecule has 0 radical (unpaired) electrons. The molecule has 0 unspecified atom stereocenters. The smallest absolute Gasteiger partial charge is 0.244 e. The highest BCUT2D eigenvalue weighted by molar-refractivity contribution is 7.18. The zero-order valence-corrected chi connectivity index (χ0v) is 14.5. The Labute approximate surface area is 150 Å². The summed E-state index contributed by atoms with van der Waals surface area (Å²) in [5.74, 6) is 0.871. The van der Waals surface area contributed by atoms with Gasteiger partial charge in [0, 0.05) is 25.5 Å². The zero-order valence-electron chi connectivity index (χ0n) is 13.7. The van der Waals surface area contributed by atoms with Gasteiger partial charge in [-0.3, -0.25) is 4.79 Å². The first-order valence-corrected chi connectivity index (χ1v) is 9.16. The first-order chi connectivity index (χ1) is 12.3. The summed E-state index contributed by atoms with van der Waals surface area (Å²) in [5, 5.41) is 3.96. The van der Waals surface area contributed by atoms with Crippen LogP contribution in [0.2, 0.25) is 0 Å². The maximum atomic E-state index is 12.0. The molecule has 4 rings (SSSR count). The monoisotopic (exact) mass is 350 g/mol. The topological polar surface area (TPSA) is 51.2 Å². The third-order valence-electron chi connectivity index (χ3n) is 4.12. The lowest BCUT2D eigenvalue weighted by molar-refractivity contribution is -0.116. The molecule has 2 heterocycles. The molecule has 126 valence electrons. The number of nitrogens with one attached hydrogen (secondary N) is 1. The molecule has 0 aliphatic carbocycles. The van der Waals surface area contributed by atoms with Crippen LogP contribution in [0.25, 0.3) is 16.3 Å². The van der Waals surface area contributed by atoms with E-state index in [1.54, 1.807) is 17.4 Å². The lowest BCUT2D eigenvalue weighted by atomic mass is 10.1. The number of hydrogen-bond donors (Lipinski definition) is 1. The fourth-order valence-electron chi connectivity index (χ4n) is 2.86. The fourth-order valence-corrected chi connectivity index (χ4v) is 3.83. The normalized spacial score (nSPS) is 13.1. The molecular formula is C20H18N2O2S. The maximum absolute atomic E-state index is 12.0. The van der Waals surface area contributed by atoms with E-state index >= 15 is 0 Å². The van der Waals surface area contributed by atoms with Crippen LogP contribution in [0.3, 0.4) is 0 Å². The van der Waals surface area contributed by atoms with E-state index in [1.165, 1.54) is 10.3 Å². The number of carbonyl (C=O) groups excluding carboxylic acids is 1. The molecule has 5 heteroatoms. The van der Waals surface area contributed by atoms with Crippen molar-refractivity contribution in [1.29, 1.82) is 0 Å². The number of thiazole rings is 1. The number of aromatic nitrogens is 1. The van der Waals surface area contributed by atoms with Crippen molar-refractivity contribution in [1.82, 2.24) is 10.3 Å². The fraction of sp³-hybridized carbons (Fsp3) is 0.200. The average Bonchev–Trinajstić information content (AvgIpc) is 3.25. The van der Waals surface area contributed by atoms with Crippen molar-refractivity contribution < 1.29 is 9.53 Å². The molecular weight excluding hydrogens is 332 g/mol. The Kier molecular flexibility index (Phi) is 4.48. The Hall–Kier alpha value is -2.66. The molecule has 1 aromatic heterocycles. The van der Waals surface area contributed by atoms with Gasteiger partial charge >= 0.3 is 0 Å². The second kappa shape index (κ2) is 7.07. The number of rotatable bonds is 5. The van der Waals surface area contributed by atoms with Gasteiger partial charge in [-0.15, -0.1) is 11.3 Å². The van der Waals surface area contributed by atoms with E-state index in [4.69, 9.17) is 4.74 Å². The predicted molar refractivity (Wildman–Crippen MR) is 101 cm³/mol. The lowest BCUT2D eigenvalue weighted by Crippen LogP contribution is -2.23. The zero-order chi connectivity index (χ0) is 17.1. The van der Waals surface area contributed by atoms with Crippen molar-refractivity contribution in [3.05, 3.63) is 64.7 Å². The van der Waals surface area contributed by atoms with E-state index in [0.717, 1.165) is 41.3 Å². The number of ether oxygens (including phenoxy) is 1. The first kappa shape index (κ1) is 15.8. The molecule has 3 aromatic rings. The Balaban J connectivity index is 1.30. The molecule has 1 aliphatic heterocycles. The van der Waals surface area contributed by atoms with Gasteiger partial charge in [-0.25, -0.2) is 4.98 Å². The summed E-state index contributed by atoms with van der Waals surface area (Å²) in [6, 6.07) is 14.1. The molecule has 1 amide bonds. The Morgan fingerprint density at radius 3 is 3.12 bits per heavy atom. The highest BCUT2D eigenvalue weighted by atomic mass is 32.1. The van der Waals surface area contributed by atoms with Crippen molar-refractivity contribution >= 4 is 33.5 Å². The van der Waals surface area contributed by atoms with Gasteiger partial charge in [0.1, 0.15) is 5.75 Å². The van der Waals surface area contributed by atoms with Crippen LogP contribution in [-0.2, 0) is 17.6 Å². The third kappa shape index (κ3) is 3.72. The molecule has 0 atom stereocenters. The Morgan fingerprint density at radius 2 is 2.20 bits per heavy atom. The number of para-hydroxylation sites is 1. The minimum Gasteiger partial charge on any atom is -0.493 e. The van der Waals surface area contributed by atoms with Crippen LogP contribution in [0.15, 0.2) is 48.5 Å². The molecule has 0 saturated carbocycles. The van der Waals surface area contributed by atoms with Crippen molar-refractivity contribution in [2.75, 3.05) is 13.2 Å². The summed E-state index contributed by atoms with van der Waals surface area (Å²) >= 11 is 1.68. The molecule has 4 nitrogen and oxygen atoms in total. The summed E-state index contributed by atoms with van der Waals surface area (Å²) < 4.78 is 6.67. The summed E-state index contributed by atoms with van der Waals surface area (Å²) in [7, 11) is 0. The summed E-state index contributed by atoms with van der Waals surface area (Å²) in [5.41, 5.74) is 3.25. The number of hydrogen-bond acceptors (Lipinski definition) is 4. The van der Waals surface area contributed by atoms with Gasteiger partial charge in [0.05, 0.1) is 21.8 Å². The average molecular weight is 350 g/mol. The first-order valence-electron chi connectivity index (χ1n) is 8.34. The van der Waals surface area contributed by atoms with Gasteiger partial charge < -0.3 is 10.1 Å². The van der Waals surface area contributed by atoms with Crippen LogP contribution in [0.4, 0.5) is 0 Å². The van der Waals surface area contributed by atoms with Gasteiger partial charge in [-0.2, -0.15) is 0 Å². The van der Waals surface area contributed by atoms with Crippen LogP contribution in [-0.4, -0.2) is 24.0 Å². The van der Waals surface area contributed by atoms with Crippen LogP contribution in [0.5, 0.6) is 5.75 Å². The van der Waals surface area contributed by atoms with E-state index in [2.05, 4.69) is 22.4 Å². The Morgan fingerprint density at radius 1 is 1.28 bits per heavy atom. The largest absolute Gasteiger partial charge is 0.493 e. The molecule has 1 N–H and O–H groups in total. The number of amides is 1. The van der Waals surface area contributed by atoms with E-state index in [-0.39, 0.29) is 5.91 Å². The van der Waals surface area contributed by atoms with Crippen LogP contribution in [0.1, 0.15) is 16.1 Å². The van der Waals surface area contributed by atoms with E-state index in [1.807, 2.05) is 36.4 Å². The molecule has 25 heavy (non-hydrogen) atoms. The van der Waals surface area contributed by atoms with Crippen molar-refractivity contribution in [2.45, 2.75) is 12.8 Å². The molecule has 0 bridgehead atoms. The minimum absolute atomic E-state index is 0.0853. The quantitative estimate of drug-likeness (QED) is 0.715. The number of fused-ring (bicyclic) bond motifs is 2. The minimum atomic E-state index is -0.0853. The SMILES string of the molecule is O=C(/C=C/c1ccc2c(c1)CCO2)NCCc1nc2ccccc2s1. The van der Waals surface area contributed by atoms with Gasteiger partial charge in [-0.1, -0.05) is 18.2 Å². The van der Waals surface area contributed by atoms with Gasteiger partial charge in [0.15, 0.2) is 0 Å². The highest BCUT2D eigenvalue weighted by Gasteiger charge is 2.11. The summed E-state index contributed by atoms with van der Waals surface area (Å²) in [6.45, 7) is 1.33. The van der Waals surface area contributed by atoms with Crippen LogP contribution >= 0.6 is 11.3 Å². The van der Waals surface area contributed by atoms with E-state index in [0.29, 0.717) is 6.54 Å². The van der Waals surface area contributed by atoms with Gasteiger partial charge in [0.25, 0.3) is 0 Å². The molecule has 0 fully saturated rings. The lowest BCUT2D eigenvalue weighted by Gasteiger charge is -2.01. The third-order valence-corrected chi connectivity index (χ3v) is 5.21. The molecule has 0 spiro atoms. The van der Waals surface area contributed by atoms with E-state index in [9.17, 15) is 4.79 Å². The number of nitrogens with zero attached hydrogens (tertiary/aromatic N) is 1. The van der Waals surface area contributed by atoms with Crippen molar-refractivity contribution in [2.24, 2.45) is 0 Å². The summed E-state index contributed by atoms with van der Waals surface area (Å²) in [6.07, 6.45) is 5.10. The molecule has 0 saturated heterocycles. The second-order valence-corrected chi connectivity index (χ2v) is 7.03. The van der Waals surface area contributed by atoms with Crippen molar-refractivity contribution in [3.8, 4) is 5.75 Å². The number of benzene rings is 2.